The van der Waals surface area contributed by atoms with Crippen molar-refractivity contribution in [2.24, 2.45) is 0 Å². The van der Waals surface area contributed by atoms with Crippen molar-refractivity contribution in [3.63, 3.8) is 0 Å². The summed E-state index contributed by atoms with van der Waals surface area (Å²) in [5.74, 6) is -0.831. The molecule has 11 heteroatoms. The van der Waals surface area contributed by atoms with E-state index >= 15 is 0 Å². The number of carbonyl (C=O) groups excluding carboxylic acids is 1. The van der Waals surface area contributed by atoms with Crippen LogP contribution in [0.25, 0.3) is 5.69 Å². The van der Waals surface area contributed by atoms with E-state index in [0.717, 1.165) is 38.4 Å². The van der Waals surface area contributed by atoms with E-state index in [2.05, 4.69) is 32.4 Å². The van der Waals surface area contributed by atoms with E-state index in [4.69, 9.17) is 0 Å². The Hall–Kier alpha value is -3.86. The van der Waals surface area contributed by atoms with Gasteiger partial charge < -0.3 is 15.1 Å². The van der Waals surface area contributed by atoms with Crippen molar-refractivity contribution in [2.45, 2.75) is 26.8 Å². The lowest BCUT2D eigenvalue weighted by molar-refractivity contribution is -0.384. The summed E-state index contributed by atoms with van der Waals surface area (Å²) in [6.07, 6.45) is 0. The van der Waals surface area contributed by atoms with Gasteiger partial charge in [-0.05, 0) is 44.7 Å². The van der Waals surface area contributed by atoms with Crippen molar-refractivity contribution in [3.8, 4) is 5.69 Å². The molecule has 184 valence electrons. The molecule has 1 saturated heterocycles. The van der Waals surface area contributed by atoms with Crippen LogP contribution in [0.2, 0.25) is 0 Å². The van der Waals surface area contributed by atoms with Crippen LogP contribution in [0, 0.1) is 22.9 Å². The number of anilines is 1. The molecule has 3 aromatic rings. The summed E-state index contributed by atoms with van der Waals surface area (Å²) in [5.41, 5.74) is 2.45. The molecule has 1 aliphatic heterocycles. The molecule has 1 N–H and O–H groups in total. The quantitative estimate of drug-likeness (QED) is 0.407. The van der Waals surface area contributed by atoms with Gasteiger partial charge in [0.1, 0.15) is 5.82 Å². The summed E-state index contributed by atoms with van der Waals surface area (Å²) >= 11 is 0. The van der Waals surface area contributed by atoms with Crippen molar-refractivity contribution < 1.29 is 14.1 Å². The molecule has 0 saturated carbocycles. The number of carbonyl (C=O) groups is 1. The summed E-state index contributed by atoms with van der Waals surface area (Å²) in [7, 11) is 0. The number of nitrogens with one attached hydrogen (secondary N) is 1. The molecule has 0 aliphatic carbocycles. The van der Waals surface area contributed by atoms with Gasteiger partial charge in [0, 0.05) is 49.6 Å². The van der Waals surface area contributed by atoms with E-state index in [1.165, 1.54) is 28.9 Å². The van der Waals surface area contributed by atoms with Crippen LogP contribution < -0.4 is 10.2 Å². The first-order valence-corrected chi connectivity index (χ1v) is 11.5. The summed E-state index contributed by atoms with van der Waals surface area (Å²) < 4.78 is 15.6. The molecule has 2 aromatic carbocycles. The van der Waals surface area contributed by atoms with E-state index in [1.54, 1.807) is 32.0 Å². The number of likely N-dealkylation sites (N-methyl/N-ethyl adjacent to an activating group) is 1. The normalized spacial score (nSPS) is 15.1. The fourth-order valence-corrected chi connectivity index (χ4v) is 4.33. The fourth-order valence-electron chi connectivity index (χ4n) is 4.33. The number of benzene rings is 2. The minimum Gasteiger partial charge on any atom is -0.369 e. The lowest BCUT2D eigenvalue weighted by atomic mass is 10.0. The van der Waals surface area contributed by atoms with Gasteiger partial charge in [-0.3, -0.25) is 14.9 Å². The van der Waals surface area contributed by atoms with Crippen LogP contribution in [0.4, 0.5) is 15.8 Å². The SMILES string of the molecule is CCN1CCN(c2ccc(F)cc2C(C)NC(=O)c2nnn(-c3cccc([N+](=O)[O-])c3)c2C)CC1. The zero-order valence-corrected chi connectivity index (χ0v) is 19.9. The van der Waals surface area contributed by atoms with Crippen molar-refractivity contribution in [1.82, 2.24) is 25.2 Å². The number of nitro groups is 1. The predicted octanol–water partition coefficient (Wildman–Crippen LogP) is 3.26. The summed E-state index contributed by atoms with van der Waals surface area (Å²) in [5, 5.41) is 22.0. The molecule has 1 atom stereocenters. The average Bonchev–Trinajstić information content (AvgIpc) is 3.25. The topological polar surface area (TPSA) is 109 Å². The minimum absolute atomic E-state index is 0.0876. The molecule has 4 rings (SSSR count). The minimum atomic E-state index is -0.496. The van der Waals surface area contributed by atoms with Gasteiger partial charge in [0.05, 0.1) is 22.3 Å². The fraction of sp³-hybridized carbons (Fsp3) is 0.375. The molecular formula is C24H28FN7O3. The van der Waals surface area contributed by atoms with Crippen LogP contribution >= 0.6 is 0 Å². The molecule has 10 nitrogen and oxygen atoms in total. The zero-order chi connectivity index (χ0) is 25.1. The van der Waals surface area contributed by atoms with Crippen molar-refractivity contribution in [3.05, 3.63) is 75.3 Å². The number of halogens is 1. The highest BCUT2D eigenvalue weighted by Crippen LogP contribution is 2.29. The van der Waals surface area contributed by atoms with E-state index in [0.29, 0.717) is 16.9 Å². The summed E-state index contributed by atoms with van der Waals surface area (Å²) in [6.45, 7) is 10.1. The van der Waals surface area contributed by atoms with Crippen LogP contribution in [0.3, 0.4) is 0 Å². The largest absolute Gasteiger partial charge is 0.369 e. The molecule has 1 unspecified atom stereocenters. The van der Waals surface area contributed by atoms with Gasteiger partial charge in [0.25, 0.3) is 11.6 Å². The summed E-state index contributed by atoms with van der Waals surface area (Å²) in [4.78, 5) is 28.3. The molecule has 1 amide bonds. The Bertz CT molecular complexity index is 1240. The first-order valence-electron chi connectivity index (χ1n) is 11.5. The number of piperazine rings is 1. The lowest BCUT2D eigenvalue weighted by Crippen LogP contribution is -2.46. The molecule has 0 spiro atoms. The number of rotatable bonds is 7. The van der Waals surface area contributed by atoms with Gasteiger partial charge in [-0.15, -0.1) is 5.10 Å². The Labute approximate surface area is 202 Å². The van der Waals surface area contributed by atoms with E-state index in [1.807, 2.05) is 0 Å². The Morgan fingerprint density at radius 2 is 1.94 bits per heavy atom. The Balaban J connectivity index is 1.54. The highest BCUT2D eigenvalue weighted by Gasteiger charge is 2.24. The van der Waals surface area contributed by atoms with Gasteiger partial charge in [-0.2, -0.15) is 0 Å². The smallest absolute Gasteiger partial charge is 0.274 e. The van der Waals surface area contributed by atoms with Gasteiger partial charge in [-0.25, -0.2) is 9.07 Å². The maximum atomic E-state index is 14.2. The second kappa shape index (κ2) is 10.2. The molecule has 1 aliphatic rings. The highest BCUT2D eigenvalue weighted by atomic mass is 19.1. The average molecular weight is 482 g/mol. The molecule has 0 bridgehead atoms. The molecule has 2 heterocycles. The molecule has 0 radical (unpaired) electrons. The van der Waals surface area contributed by atoms with Gasteiger partial charge in [-0.1, -0.05) is 18.2 Å². The first-order chi connectivity index (χ1) is 16.8. The maximum Gasteiger partial charge on any atom is 0.274 e. The second-order valence-corrected chi connectivity index (χ2v) is 8.53. The van der Waals surface area contributed by atoms with E-state index in [-0.39, 0.29) is 17.2 Å². The van der Waals surface area contributed by atoms with Crippen molar-refractivity contribution >= 4 is 17.3 Å². The third-order valence-electron chi connectivity index (χ3n) is 6.36. The number of nitrogens with zero attached hydrogens (tertiary/aromatic N) is 6. The Kier molecular flexibility index (Phi) is 7.06. The maximum absolute atomic E-state index is 14.2. The molecule has 1 fully saturated rings. The van der Waals surface area contributed by atoms with Gasteiger partial charge in [0.2, 0.25) is 0 Å². The molecule has 35 heavy (non-hydrogen) atoms. The lowest BCUT2D eigenvalue weighted by Gasteiger charge is -2.37. The van der Waals surface area contributed by atoms with Crippen LogP contribution in [0.15, 0.2) is 42.5 Å². The van der Waals surface area contributed by atoms with Crippen LogP contribution in [0.1, 0.15) is 41.6 Å². The number of amides is 1. The highest BCUT2D eigenvalue weighted by molar-refractivity contribution is 5.93. The second-order valence-electron chi connectivity index (χ2n) is 8.53. The summed E-state index contributed by atoms with van der Waals surface area (Å²) in [6, 6.07) is 10.1. The predicted molar refractivity (Wildman–Crippen MR) is 129 cm³/mol. The van der Waals surface area contributed by atoms with E-state index in [9.17, 15) is 19.3 Å². The first kappa shape index (κ1) is 24.3. The number of hydrogen-bond donors (Lipinski definition) is 1. The van der Waals surface area contributed by atoms with Crippen molar-refractivity contribution in [2.75, 3.05) is 37.6 Å². The van der Waals surface area contributed by atoms with Crippen molar-refractivity contribution in [1.29, 1.82) is 0 Å². The van der Waals surface area contributed by atoms with Gasteiger partial charge in [0.15, 0.2) is 5.69 Å². The zero-order valence-electron chi connectivity index (χ0n) is 19.9. The number of non-ortho nitro benzene ring substituents is 1. The van der Waals surface area contributed by atoms with E-state index < -0.39 is 16.9 Å². The number of hydrogen-bond acceptors (Lipinski definition) is 7. The van der Waals surface area contributed by atoms with Crippen LogP contribution in [-0.2, 0) is 0 Å². The number of aromatic nitrogens is 3. The number of nitro benzene ring substituents is 1. The molecule has 1 aromatic heterocycles. The standard InChI is InChI=1S/C24H28FN7O3/c1-4-29-10-12-30(13-11-29)22-9-8-18(25)14-21(22)16(2)26-24(33)23-17(3)31(28-27-23)19-6-5-7-20(15-19)32(34)35/h5-9,14-16H,4,10-13H2,1-3H3,(H,26,33). The van der Waals surface area contributed by atoms with Gasteiger partial charge >= 0.3 is 0 Å². The monoisotopic (exact) mass is 481 g/mol. The Morgan fingerprint density at radius 3 is 2.63 bits per heavy atom. The van der Waals surface area contributed by atoms with Crippen LogP contribution in [0.5, 0.6) is 0 Å². The third kappa shape index (κ3) is 5.14. The molecular weight excluding hydrogens is 453 g/mol. The third-order valence-corrected chi connectivity index (χ3v) is 6.36. The van der Waals surface area contributed by atoms with Crippen LogP contribution in [-0.4, -0.2) is 63.4 Å². The Morgan fingerprint density at radius 1 is 1.20 bits per heavy atom.